The highest BCUT2D eigenvalue weighted by molar-refractivity contribution is 7.81. The van der Waals surface area contributed by atoms with Gasteiger partial charge in [-0.1, -0.05) is 18.2 Å². The minimum atomic E-state index is -0.940. The van der Waals surface area contributed by atoms with E-state index in [0.717, 1.165) is 10.5 Å². The Morgan fingerprint density at radius 2 is 2.06 bits per heavy atom. The quantitative estimate of drug-likeness (QED) is 0.436. The Bertz CT molecular complexity index is 437. The molecule has 1 amide bonds. The molecule has 0 heterocycles. The molecule has 0 bridgehead atoms. The number of ether oxygens (including phenoxy) is 1. The number of esters is 1. The smallest absolute Gasteiger partial charge is 0.339 e. The topological polar surface area (TPSA) is 55.4 Å². The molecule has 0 aromatic heterocycles. The van der Waals surface area contributed by atoms with Crippen LogP contribution in [0.3, 0.4) is 0 Å². The molecule has 0 fully saturated rings. The maximum absolute atomic E-state index is 11.7. The van der Waals surface area contributed by atoms with Crippen molar-refractivity contribution in [2.24, 2.45) is 0 Å². The normalized spacial score (nSPS) is 11.7. The van der Waals surface area contributed by atoms with Crippen LogP contribution in [-0.2, 0) is 20.7 Å². The van der Waals surface area contributed by atoms with Crippen molar-refractivity contribution in [1.29, 1.82) is 0 Å². The number of amides is 1. The van der Waals surface area contributed by atoms with E-state index in [1.165, 1.54) is 0 Å². The van der Waals surface area contributed by atoms with E-state index in [0.29, 0.717) is 0 Å². The highest BCUT2D eigenvalue weighted by atomic mass is 32.1. The second-order valence-electron chi connectivity index (χ2n) is 3.53. The van der Waals surface area contributed by atoms with Crippen LogP contribution in [0.5, 0.6) is 0 Å². The molecular formula is C12H15NO3S2. The second-order valence-corrected chi connectivity index (χ2v) is 4.53. The van der Waals surface area contributed by atoms with Gasteiger partial charge in [0.1, 0.15) is 0 Å². The van der Waals surface area contributed by atoms with E-state index in [-0.39, 0.29) is 18.9 Å². The van der Waals surface area contributed by atoms with Crippen molar-refractivity contribution in [3.8, 4) is 0 Å². The van der Waals surface area contributed by atoms with Crippen molar-refractivity contribution in [3.05, 3.63) is 29.8 Å². The summed E-state index contributed by atoms with van der Waals surface area (Å²) in [4.78, 5) is 23.7. The summed E-state index contributed by atoms with van der Waals surface area (Å²) < 4.78 is 4.73. The first-order chi connectivity index (χ1) is 8.54. The fraction of sp³-hybridized carbons (Fsp3) is 0.333. The number of thiol groups is 2. The number of carbonyl (C=O) groups is 2. The number of hydrogen-bond donors (Lipinski definition) is 3. The molecule has 1 atom stereocenters. The molecule has 1 rings (SSSR count). The average Bonchev–Trinajstić information content (AvgIpc) is 2.32. The van der Waals surface area contributed by atoms with Gasteiger partial charge >= 0.3 is 5.97 Å². The molecule has 1 N–H and O–H groups in total. The molecule has 6 heteroatoms. The predicted octanol–water partition coefficient (Wildman–Crippen LogP) is 1.45. The summed E-state index contributed by atoms with van der Waals surface area (Å²) in [5, 5.41) is 1.52. The number of rotatable bonds is 5. The first-order valence-corrected chi connectivity index (χ1v) is 6.42. The molecule has 1 unspecified atom stereocenters. The lowest BCUT2D eigenvalue weighted by Gasteiger charge is -2.12. The number of benzene rings is 1. The van der Waals surface area contributed by atoms with Gasteiger partial charge in [-0.2, -0.15) is 0 Å². The van der Waals surface area contributed by atoms with Crippen molar-refractivity contribution >= 4 is 37.1 Å². The van der Waals surface area contributed by atoms with Gasteiger partial charge in [-0.25, -0.2) is 4.79 Å². The van der Waals surface area contributed by atoms with E-state index in [1.807, 2.05) is 12.1 Å². The molecule has 0 saturated heterocycles. The van der Waals surface area contributed by atoms with Gasteiger partial charge in [-0.05, 0) is 18.6 Å². The molecular weight excluding hydrogens is 270 g/mol. The van der Waals surface area contributed by atoms with Crippen LogP contribution in [0.2, 0.25) is 0 Å². The van der Waals surface area contributed by atoms with Crippen LogP contribution in [0, 0.1) is 0 Å². The van der Waals surface area contributed by atoms with E-state index in [9.17, 15) is 9.59 Å². The molecule has 18 heavy (non-hydrogen) atoms. The minimum absolute atomic E-state index is 0.149. The zero-order chi connectivity index (χ0) is 13.5. The van der Waals surface area contributed by atoms with Gasteiger partial charge < -0.3 is 10.1 Å². The summed E-state index contributed by atoms with van der Waals surface area (Å²) in [6, 6.07) is 7.27. The van der Waals surface area contributed by atoms with Crippen LogP contribution in [0.4, 0.5) is 0 Å². The van der Waals surface area contributed by atoms with Crippen LogP contribution in [0.15, 0.2) is 29.2 Å². The Balaban J connectivity index is 2.52. The summed E-state index contributed by atoms with van der Waals surface area (Å²) in [5.74, 6) is -0.863. The summed E-state index contributed by atoms with van der Waals surface area (Å²) >= 11 is 8.21. The predicted molar refractivity (Wildman–Crippen MR) is 74.9 cm³/mol. The number of hydrogen-bond acceptors (Lipinski definition) is 5. The summed E-state index contributed by atoms with van der Waals surface area (Å²) in [6.07, 6.45) is 0.149. The van der Waals surface area contributed by atoms with Crippen molar-refractivity contribution in [3.63, 3.8) is 0 Å². The third-order valence-electron chi connectivity index (χ3n) is 2.15. The van der Waals surface area contributed by atoms with Crippen LogP contribution in [0.25, 0.3) is 0 Å². The molecule has 0 saturated carbocycles. The standard InChI is InChI=1S/C12H15NO3S2/c1-2-16-12(15)11(18)13-10(14)7-8-5-3-4-6-9(8)17/h3-6,11,17-18H,2,7H2,1H3,(H,13,14). The SMILES string of the molecule is CCOC(=O)C(S)NC(=O)Cc1ccccc1S. The third kappa shape index (κ3) is 4.62. The molecule has 98 valence electrons. The Morgan fingerprint density at radius 1 is 1.39 bits per heavy atom. The molecule has 1 aromatic carbocycles. The van der Waals surface area contributed by atoms with Crippen molar-refractivity contribution < 1.29 is 14.3 Å². The lowest BCUT2D eigenvalue weighted by Crippen LogP contribution is -2.38. The minimum Gasteiger partial charge on any atom is -0.464 e. The van der Waals surface area contributed by atoms with Crippen molar-refractivity contribution in [1.82, 2.24) is 5.32 Å². The molecule has 0 aliphatic rings. The lowest BCUT2D eigenvalue weighted by atomic mass is 10.1. The van der Waals surface area contributed by atoms with E-state index in [1.54, 1.807) is 19.1 Å². The van der Waals surface area contributed by atoms with E-state index >= 15 is 0 Å². The first-order valence-electron chi connectivity index (χ1n) is 5.45. The van der Waals surface area contributed by atoms with Crippen molar-refractivity contribution in [2.75, 3.05) is 6.61 Å². The zero-order valence-corrected chi connectivity index (χ0v) is 11.7. The Kier molecular flexibility index (Phi) is 6.07. The van der Waals surface area contributed by atoms with Crippen molar-refractivity contribution in [2.45, 2.75) is 23.6 Å². The second kappa shape index (κ2) is 7.33. The van der Waals surface area contributed by atoms with Crippen LogP contribution in [0.1, 0.15) is 12.5 Å². The van der Waals surface area contributed by atoms with E-state index < -0.39 is 11.3 Å². The maximum Gasteiger partial charge on any atom is 0.339 e. The maximum atomic E-state index is 11.7. The summed E-state index contributed by atoms with van der Waals surface area (Å²) in [6.45, 7) is 1.95. The van der Waals surface area contributed by atoms with Gasteiger partial charge in [0.2, 0.25) is 5.91 Å². The van der Waals surface area contributed by atoms with Crippen LogP contribution < -0.4 is 5.32 Å². The summed E-state index contributed by atoms with van der Waals surface area (Å²) in [7, 11) is 0. The van der Waals surface area contributed by atoms with Gasteiger partial charge in [0.25, 0.3) is 0 Å². The zero-order valence-electron chi connectivity index (χ0n) is 9.92. The van der Waals surface area contributed by atoms with Gasteiger partial charge in [-0.3, -0.25) is 4.79 Å². The summed E-state index contributed by atoms with van der Waals surface area (Å²) in [5.41, 5.74) is 0.794. The Labute approximate surface area is 117 Å². The first kappa shape index (κ1) is 14.9. The molecule has 0 aliphatic heterocycles. The third-order valence-corrected chi connectivity index (χ3v) is 2.93. The highest BCUT2D eigenvalue weighted by Gasteiger charge is 2.17. The fourth-order valence-corrected chi connectivity index (χ4v) is 1.78. The molecule has 0 radical (unpaired) electrons. The lowest BCUT2D eigenvalue weighted by molar-refractivity contribution is -0.144. The largest absolute Gasteiger partial charge is 0.464 e. The van der Waals surface area contributed by atoms with Gasteiger partial charge in [0.15, 0.2) is 5.37 Å². The molecule has 4 nitrogen and oxygen atoms in total. The number of carbonyl (C=O) groups excluding carboxylic acids is 2. The monoisotopic (exact) mass is 285 g/mol. The van der Waals surface area contributed by atoms with Crippen LogP contribution >= 0.6 is 25.3 Å². The van der Waals surface area contributed by atoms with Gasteiger partial charge in [0, 0.05) is 4.90 Å². The number of nitrogens with one attached hydrogen (secondary N) is 1. The van der Waals surface area contributed by atoms with Crippen LogP contribution in [-0.4, -0.2) is 23.9 Å². The molecule has 1 aromatic rings. The van der Waals surface area contributed by atoms with Gasteiger partial charge in [0.05, 0.1) is 13.0 Å². The van der Waals surface area contributed by atoms with Gasteiger partial charge in [-0.15, -0.1) is 25.3 Å². The Hall–Kier alpha value is -1.14. The van der Waals surface area contributed by atoms with E-state index in [2.05, 4.69) is 30.6 Å². The fourth-order valence-electron chi connectivity index (χ4n) is 1.32. The average molecular weight is 285 g/mol. The molecule has 0 aliphatic carbocycles. The Morgan fingerprint density at radius 3 is 2.67 bits per heavy atom. The highest BCUT2D eigenvalue weighted by Crippen LogP contribution is 2.13. The van der Waals surface area contributed by atoms with E-state index in [4.69, 9.17) is 4.74 Å². The molecule has 0 spiro atoms.